The van der Waals surface area contributed by atoms with Crippen molar-refractivity contribution in [1.82, 2.24) is 20.5 Å². The number of para-hydroxylation sites is 1. The van der Waals surface area contributed by atoms with Crippen molar-refractivity contribution in [2.24, 2.45) is 5.92 Å². The summed E-state index contributed by atoms with van der Waals surface area (Å²) in [6, 6.07) is 11.2. The number of nitrogens with zero attached hydrogens (tertiary/aromatic N) is 1. The van der Waals surface area contributed by atoms with E-state index in [4.69, 9.17) is 4.74 Å². The molecule has 0 saturated heterocycles. The number of amides is 3. The van der Waals surface area contributed by atoms with Crippen LogP contribution in [-0.4, -0.2) is 63.9 Å². The number of fused-ring (bicyclic) bond motifs is 1. The lowest BCUT2D eigenvalue weighted by Crippen LogP contribution is -2.55. The number of ether oxygens (including phenoxy) is 1. The monoisotopic (exact) mass is 694 g/mol. The van der Waals surface area contributed by atoms with E-state index in [-0.39, 0.29) is 36.5 Å². The predicted octanol–water partition coefficient (Wildman–Crippen LogP) is 5.46. The third kappa shape index (κ3) is 8.78. The van der Waals surface area contributed by atoms with E-state index >= 15 is 0 Å². The van der Waals surface area contributed by atoms with Gasteiger partial charge in [0.2, 0.25) is 17.7 Å². The number of carbonyl (C=O) groups excluding carboxylic acids is 4. The zero-order chi connectivity index (χ0) is 33.5. The number of H-pyrrole nitrogens is 1. The maximum absolute atomic E-state index is 14.2. The fraction of sp³-hybridized carbons (Fsp3) is 0.429. The summed E-state index contributed by atoms with van der Waals surface area (Å²) in [5, 5.41) is 16.6. The van der Waals surface area contributed by atoms with Crippen LogP contribution in [0.25, 0.3) is 10.9 Å². The maximum atomic E-state index is 14.2. The number of cyclic esters (lactones) is 1. The molecule has 46 heavy (non-hydrogen) atoms. The molecule has 1 aliphatic heterocycles. The number of likely N-dealkylation sites (N-methyl/N-ethyl adjacent to an activating group) is 1. The highest BCUT2D eigenvalue weighted by atomic mass is 79.9. The molecule has 0 fully saturated rings. The summed E-state index contributed by atoms with van der Waals surface area (Å²) in [6.07, 6.45) is 3.44. The van der Waals surface area contributed by atoms with Gasteiger partial charge < -0.3 is 30.4 Å². The largest absolute Gasteiger partial charge is 0.508 e. The van der Waals surface area contributed by atoms with Crippen LogP contribution in [-0.2, 0) is 30.3 Å². The highest BCUT2D eigenvalue weighted by Gasteiger charge is 2.34. The number of benzene rings is 2. The van der Waals surface area contributed by atoms with Crippen LogP contribution in [0.2, 0.25) is 0 Å². The molecule has 5 atom stereocenters. The minimum atomic E-state index is -1.01. The van der Waals surface area contributed by atoms with E-state index in [1.54, 1.807) is 26.1 Å². The van der Waals surface area contributed by atoms with Crippen LogP contribution in [0, 0.1) is 5.92 Å². The maximum Gasteiger partial charge on any atom is 0.308 e. The summed E-state index contributed by atoms with van der Waals surface area (Å²) in [5.41, 5.74) is 3.29. The number of nitrogens with one attached hydrogen (secondary N) is 3. The van der Waals surface area contributed by atoms with Crippen LogP contribution in [0.15, 0.2) is 64.8 Å². The Morgan fingerprint density at radius 1 is 0.957 bits per heavy atom. The van der Waals surface area contributed by atoms with Gasteiger partial charge in [-0.25, -0.2) is 0 Å². The average molecular weight is 696 g/mol. The lowest BCUT2D eigenvalue weighted by molar-refractivity contribution is -0.149. The molecule has 3 aromatic rings. The Morgan fingerprint density at radius 3 is 2.37 bits per heavy atom. The van der Waals surface area contributed by atoms with Crippen LogP contribution in [0.4, 0.5) is 0 Å². The van der Waals surface area contributed by atoms with Gasteiger partial charge in [-0.2, -0.15) is 0 Å². The van der Waals surface area contributed by atoms with Crippen molar-refractivity contribution >= 4 is 50.5 Å². The number of aromatic hydroxyl groups is 1. The molecule has 1 aliphatic rings. The Morgan fingerprint density at radius 2 is 1.65 bits per heavy atom. The summed E-state index contributed by atoms with van der Waals surface area (Å²) >= 11 is 3.60. The van der Waals surface area contributed by atoms with E-state index in [1.807, 2.05) is 51.1 Å². The molecule has 10 nitrogen and oxygen atoms in total. The normalized spacial score (nSPS) is 25.8. The molecule has 0 bridgehead atoms. The number of rotatable bonds is 3. The minimum Gasteiger partial charge on any atom is -0.508 e. The topological polar surface area (TPSA) is 141 Å². The second-order valence-electron chi connectivity index (χ2n) is 12.3. The van der Waals surface area contributed by atoms with Gasteiger partial charge in [-0.05, 0) is 85.3 Å². The van der Waals surface area contributed by atoms with E-state index < -0.39 is 35.9 Å². The molecule has 0 radical (unpaired) electrons. The van der Waals surface area contributed by atoms with E-state index in [0.717, 1.165) is 22.0 Å². The average Bonchev–Trinajstić information content (AvgIpc) is 3.32. The first-order chi connectivity index (χ1) is 21.8. The van der Waals surface area contributed by atoms with Crippen molar-refractivity contribution in [3.05, 3.63) is 75.9 Å². The summed E-state index contributed by atoms with van der Waals surface area (Å²) in [5.74, 6) is -1.99. The van der Waals surface area contributed by atoms with Crippen LogP contribution >= 0.6 is 15.9 Å². The predicted molar refractivity (Wildman–Crippen MR) is 180 cm³/mol. The Kier molecular flexibility index (Phi) is 11.7. The third-order valence-corrected chi connectivity index (χ3v) is 9.14. The van der Waals surface area contributed by atoms with Gasteiger partial charge in [0.05, 0.1) is 23.2 Å². The quantitative estimate of drug-likeness (QED) is 0.212. The fourth-order valence-electron chi connectivity index (χ4n) is 5.79. The SMILES string of the molecule is C/C1=C\CC[C@H](C)OC(=O)C[C@H](c2ccc(O)cc2)NC(=O)[C@@H](Cc2c(Br)[nH]c3ccccc23)N(C)C(=O)[C@H](C)NC(=O)[C@@H](C)C1. The van der Waals surface area contributed by atoms with Crippen LogP contribution in [0.1, 0.15) is 70.5 Å². The number of aromatic amines is 1. The number of phenols is 1. The van der Waals surface area contributed by atoms with Gasteiger partial charge in [0.15, 0.2) is 0 Å². The number of allylic oxidation sites excluding steroid dienone is 2. The summed E-state index contributed by atoms with van der Waals surface area (Å²) in [4.78, 5) is 58.9. The van der Waals surface area contributed by atoms with Gasteiger partial charge in [0.25, 0.3) is 0 Å². The van der Waals surface area contributed by atoms with Gasteiger partial charge in [0.1, 0.15) is 17.8 Å². The molecule has 246 valence electrons. The Hall–Kier alpha value is -4.12. The second kappa shape index (κ2) is 15.4. The van der Waals surface area contributed by atoms with Gasteiger partial charge >= 0.3 is 5.97 Å². The molecule has 1 aromatic heterocycles. The summed E-state index contributed by atoms with van der Waals surface area (Å²) < 4.78 is 6.40. The smallest absolute Gasteiger partial charge is 0.308 e. The van der Waals surface area contributed by atoms with E-state index in [2.05, 4.69) is 31.5 Å². The standard InChI is InChI=1S/C35H43BrN4O6/c1-20-9-8-10-22(3)46-31(42)19-29(24-13-15-25(41)16-14-24)39-34(44)30(18-27-26-11-6-7-12-28(26)38-32(27)36)40(5)35(45)23(4)37-33(43)21(2)17-20/h6-7,9,11-16,21-23,29-30,38,41H,8,10,17-19H2,1-5H3,(H,37,43)(H,39,44)/b20-9+/t21-,22-,23-,29+,30+/m0/s1. The molecular weight excluding hydrogens is 652 g/mol. The van der Waals surface area contributed by atoms with Crippen LogP contribution < -0.4 is 10.6 Å². The van der Waals surface area contributed by atoms with Crippen molar-refractivity contribution in [3.63, 3.8) is 0 Å². The highest BCUT2D eigenvalue weighted by molar-refractivity contribution is 9.10. The molecule has 2 heterocycles. The molecule has 4 rings (SSSR count). The Balaban J connectivity index is 1.73. The molecule has 3 amide bonds. The van der Waals surface area contributed by atoms with Crippen molar-refractivity contribution in [3.8, 4) is 5.75 Å². The number of phenolic OH excluding ortho intramolecular Hbond substituents is 1. The van der Waals surface area contributed by atoms with Crippen molar-refractivity contribution in [2.45, 2.75) is 84.0 Å². The third-order valence-electron chi connectivity index (χ3n) is 8.46. The first kappa shape index (κ1) is 34.7. The molecule has 0 unspecified atom stereocenters. The number of esters is 1. The molecule has 0 spiro atoms. The molecule has 2 aromatic carbocycles. The molecule has 0 aliphatic carbocycles. The number of aromatic nitrogens is 1. The van der Waals surface area contributed by atoms with Crippen molar-refractivity contribution in [1.29, 1.82) is 0 Å². The molecule has 11 heteroatoms. The van der Waals surface area contributed by atoms with Gasteiger partial charge in [-0.3, -0.25) is 19.2 Å². The van der Waals surface area contributed by atoms with E-state index in [0.29, 0.717) is 29.4 Å². The number of halogens is 1. The lowest BCUT2D eigenvalue weighted by Gasteiger charge is -2.31. The van der Waals surface area contributed by atoms with E-state index in [1.165, 1.54) is 17.0 Å². The second-order valence-corrected chi connectivity index (χ2v) is 13.0. The van der Waals surface area contributed by atoms with Gasteiger partial charge in [0, 0.05) is 30.3 Å². The zero-order valence-electron chi connectivity index (χ0n) is 26.9. The van der Waals surface area contributed by atoms with Crippen LogP contribution in [0.5, 0.6) is 5.75 Å². The highest BCUT2D eigenvalue weighted by Crippen LogP contribution is 2.29. The Bertz CT molecular complexity index is 1600. The first-order valence-corrected chi connectivity index (χ1v) is 16.4. The van der Waals surface area contributed by atoms with Gasteiger partial charge in [-0.1, -0.05) is 48.9 Å². The summed E-state index contributed by atoms with van der Waals surface area (Å²) in [6.45, 7) is 7.21. The fourth-order valence-corrected chi connectivity index (χ4v) is 6.38. The molecule has 0 saturated carbocycles. The van der Waals surface area contributed by atoms with E-state index in [9.17, 15) is 24.3 Å². The van der Waals surface area contributed by atoms with Crippen LogP contribution in [0.3, 0.4) is 0 Å². The lowest BCUT2D eigenvalue weighted by atomic mass is 9.99. The molecule has 4 N–H and O–H groups in total. The Labute approximate surface area is 278 Å². The van der Waals surface area contributed by atoms with Crippen molar-refractivity contribution < 1.29 is 29.0 Å². The summed E-state index contributed by atoms with van der Waals surface area (Å²) in [7, 11) is 1.54. The number of hydrogen-bond donors (Lipinski definition) is 4. The number of carbonyl (C=O) groups is 4. The molecular formula is C35H43BrN4O6. The first-order valence-electron chi connectivity index (χ1n) is 15.6. The number of hydrogen-bond acceptors (Lipinski definition) is 6. The van der Waals surface area contributed by atoms with Gasteiger partial charge in [-0.15, -0.1) is 0 Å². The minimum absolute atomic E-state index is 0.0449. The zero-order valence-corrected chi connectivity index (χ0v) is 28.5. The van der Waals surface area contributed by atoms with Crippen molar-refractivity contribution in [2.75, 3.05) is 7.05 Å².